The Morgan fingerprint density at radius 1 is 1.07 bits per heavy atom. The van der Waals surface area contributed by atoms with Crippen LogP contribution in [0.4, 0.5) is 17.8 Å². The molecule has 1 aromatic carbocycles. The van der Waals surface area contributed by atoms with Crippen LogP contribution in [0.1, 0.15) is 34.1 Å². The van der Waals surface area contributed by atoms with Gasteiger partial charge in [-0.05, 0) is 30.5 Å². The minimum Gasteiger partial charge on any atom is -0.424 e. The summed E-state index contributed by atoms with van der Waals surface area (Å²) in [7, 11) is 0. The second kappa shape index (κ2) is 7.71. The third-order valence-corrected chi connectivity index (χ3v) is 4.23. The minimum absolute atomic E-state index is 0.125. The van der Waals surface area contributed by atoms with Gasteiger partial charge in [-0.15, -0.1) is 0 Å². The van der Waals surface area contributed by atoms with Gasteiger partial charge in [-0.25, -0.2) is 4.68 Å². The second-order valence-electron chi connectivity index (χ2n) is 6.65. The number of aryl methyl sites for hydroxylation is 1. The summed E-state index contributed by atoms with van der Waals surface area (Å²) < 4.78 is 7.16. The molecular weight excluding hydrogens is 356 g/mol. The number of anilines is 3. The molecule has 9 heteroatoms. The average molecular weight is 382 g/mol. The number of rotatable bonds is 4. The van der Waals surface area contributed by atoms with Crippen molar-refractivity contribution in [2.45, 2.75) is 40.7 Å². The molecule has 0 amide bonds. The number of nitrogen functional groups attached to an aromatic ring is 3. The van der Waals surface area contributed by atoms with Gasteiger partial charge in [0.2, 0.25) is 5.95 Å². The molecule has 0 atom stereocenters. The van der Waals surface area contributed by atoms with Crippen LogP contribution in [0.2, 0.25) is 0 Å². The zero-order valence-corrected chi connectivity index (χ0v) is 16.6. The lowest BCUT2D eigenvalue weighted by atomic mass is 10.1. The Hall–Kier alpha value is -3.36. The zero-order chi connectivity index (χ0) is 20.4. The lowest BCUT2D eigenvalue weighted by Crippen LogP contribution is -2.06. The highest BCUT2D eigenvalue weighted by Gasteiger charge is 2.19. The molecule has 0 bridgehead atoms. The van der Waals surface area contributed by atoms with Gasteiger partial charge in [0, 0.05) is 12.1 Å². The Morgan fingerprint density at radius 2 is 1.82 bits per heavy atom. The molecule has 0 aliphatic heterocycles. The van der Waals surface area contributed by atoms with Gasteiger partial charge < -0.3 is 21.6 Å². The molecule has 0 aliphatic rings. The number of hydrogen-bond acceptors (Lipinski definition) is 8. The van der Waals surface area contributed by atoms with E-state index in [1.165, 1.54) is 0 Å². The number of aromatic nitrogens is 5. The van der Waals surface area contributed by atoms with Gasteiger partial charge in [0.15, 0.2) is 11.2 Å². The normalized spacial score (nSPS) is 11.2. The van der Waals surface area contributed by atoms with E-state index in [9.17, 15) is 0 Å². The molecular formula is C19H26N8O. The highest BCUT2D eigenvalue weighted by Crippen LogP contribution is 2.33. The van der Waals surface area contributed by atoms with Gasteiger partial charge in [-0.2, -0.15) is 20.1 Å². The molecule has 0 fully saturated rings. The number of hydrogen-bond donors (Lipinski definition) is 3. The van der Waals surface area contributed by atoms with E-state index in [-0.39, 0.29) is 12.0 Å². The van der Waals surface area contributed by atoms with E-state index >= 15 is 0 Å². The van der Waals surface area contributed by atoms with Crippen molar-refractivity contribution in [1.82, 2.24) is 24.7 Å². The molecule has 3 heterocycles. The van der Waals surface area contributed by atoms with Gasteiger partial charge in [0.05, 0.1) is 5.39 Å². The Balaban J connectivity index is 0.00000109. The number of nitrogens with two attached hydrogens (primary N) is 3. The van der Waals surface area contributed by atoms with Crippen molar-refractivity contribution < 1.29 is 4.42 Å². The maximum Gasteiger partial charge on any atom is 0.292 e. The van der Waals surface area contributed by atoms with E-state index in [1.54, 1.807) is 6.07 Å². The highest BCUT2D eigenvalue weighted by atomic mass is 16.4. The Labute approximate surface area is 162 Å². The maximum atomic E-state index is 6.14. The van der Waals surface area contributed by atoms with Crippen LogP contribution in [0.15, 0.2) is 22.6 Å². The quantitative estimate of drug-likeness (QED) is 0.486. The first kappa shape index (κ1) is 19.4. The first-order chi connectivity index (χ1) is 13.4. The molecule has 0 aliphatic carbocycles. The predicted octanol–water partition coefficient (Wildman–Crippen LogP) is 3.45. The summed E-state index contributed by atoms with van der Waals surface area (Å²) in [4.78, 5) is 12.6. The van der Waals surface area contributed by atoms with Crippen molar-refractivity contribution in [3.05, 3.63) is 18.2 Å². The van der Waals surface area contributed by atoms with Crippen molar-refractivity contribution in [2.75, 3.05) is 17.2 Å². The number of benzene rings is 1. The van der Waals surface area contributed by atoms with Crippen LogP contribution in [0.5, 0.6) is 0 Å². The molecule has 28 heavy (non-hydrogen) atoms. The summed E-state index contributed by atoms with van der Waals surface area (Å²) in [5.41, 5.74) is 21.0. The fraction of sp³-hybridized carbons (Fsp3) is 0.368. The summed E-state index contributed by atoms with van der Waals surface area (Å²) in [6.07, 6.45) is 0.957. The number of fused-ring (bicyclic) bond motifs is 2. The fourth-order valence-corrected chi connectivity index (χ4v) is 2.95. The van der Waals surface area contributed by atoms with Crippen LogP contribution in [0, 0.1) is 5.92 Å². The molecule has 9 nitrogen and oxygen atoms in total. The van der Waals surface area contributed by atoms with E-state index in [0.29, 0.717) is 46.1 Å². The van der Waals surface area contributed by atoms with Crippen LogP contribution in [-0.4, -0.2) is 24.7 Å². The van der Waals surface area contributed by atoms with E-state index in [1.807, 2.05) is 30.7 Å². The smallest absolute Gasteiger partial charge is 0.292 e. The zero-order valence-electron chi connectivity index (χ0n) is 16.6. The summed E-state index contributed by atoms with van der Waals surface area (Å²) in [5, 5.41) is 5.42. The predicted molar refractivity (Wildman–Crippen MR) is 112 cm³/mol. The minimum atomic E-state index is 0.125. The molecule has 4 aromatic rings. The Kier molecular flexibility index (Phi) is 5.34. The molecule has 6 N–H and O–H groups in total. The summed E-state index contributed by atoms with van der Waals surface area (Å²) in [6, 6.07) is 5.68. The van der Waals surface area contributed by atoms with E-state index in [2.05, 4.69) is 28.8 Å². The largest absolute Gasteiger partial charge is 0.424 e. The lowest BCUT2D eigenvalue weighted by molar-refractivity contribution is 0.495. The highest BCUT2D eigenvalue weighted by molar-refractivity contribution is 6.00. The number of nitrogens with zero attached hydrogens (tertiary/aromatic N) is 5. The van der Waals surface area contributed by atoms with E-state index < -0.39 is 0 Å². The monoisotopic (exact) mass is 382 g/mol. The van der Waals surface area contributed by atoms with Crippen molar-refractivity contribution in [1.29, 1.82) is 0 Å². The summed E-state index contributed by atoms with van der Waals surface area (Å²) >= 11 is 0. The summed E-state index contributed by atoms with van der Waals surface area (Å²) in [5.74, 6) is 0.966. The van der Waals surface area contributed by atoms with Gasteiger partial charge in [-0.3, -0.25) is 0 Å². The molecule has 0 radical (unpaired) electrons. The van der Waals surface area contributed by atoms with Crippen LogP contribution in [-0.2, 0) is 6.54 Å². The van der Waals surface area contributed by atoms with Crippen LogP contribution in [0.3, 0.4) is 0 Å². The lowest BCUT2D eigenvalue weighted by Gasteiger charge is -2.05. The van der Waals surface area contributed by atoms with Crippen molar-refractivity contribution in [2.24, 2.45) is 5.92 Å². The fourth-order valence-electron chi connectivity index (χ4n) is 2.95. The standard InChI is InChI=1S/C17H20N8O.C2H6/c1-8(2)5-6-25-15-12(14(18)22-16(19)23-15)13(24-25)9-3-4-11-10(7-9)21-17(20)26-11;1-2/h3-4,7-8H,5-6H2,1-2H3,(H2,20,21)(H4,18,19,22,23);1-2H3. The third-order valence-electron chi connectivity index (χ3n) is 4.23. The van der Waals surface area contributed by atoms with Gasteiger partial charge in [0.25, 0.3) is 6.01 Å². The summed E-state index contributed by atoms with van der Waals surface area (Å²) in [6.45, 7) is 9.03. The molecule has 0 saturated carbocycles. The Morgan fingerprint density at radius 3 is 2.54 bits per heavy atom. The second-order valence-corrected chi connectivity index (χ2v) is 6.65. The van der Waals surface area contributed by atoms with Gasteiger partial charge in [0.1, 0.15) is 17.0 Å². The maximum absolute atomic E-state index is 6.14. The molecule has 0 saturated heterocycles. The molecule has 0 unspecified atom stereocenters. The topological polar surface area (TPSA) is 148 Å². The first-order valence-corrected chi connectivity index (χ1v) is 9.38. The number of oxazole rings is 1. The molecule has 3 aromatic heterocycles. The van der Waals surface area contributed by atoms with Crippen molar-refractivity contribution >= 4 is 39.9 Å². The van der Waals surface area contributed by atoms with Crippen molar-refractivity contribution in [3.8, 4) is 11.3 Å². The van der Waals surface area contributed by atoms with E-state index in [4.69, 9.17) is 26.7 Å². The van der Waals surface area contributed by atoms with Crippen LogP contribution in [0.25, 0.3) is 33.4 Å². The van der Waals surface area contributed by atoms with Gasteiger partial charge in [-0.1, -0.05) is 27.7 Å². The third kappa shape index (κ3) is 3.55. The molecule has 4 rings (SSSR count). The van der Waals surface area contributed by atoms with Crippen molar-refractivity contribution in [3.63, 3.8) is 0 Å². The van der Waals surface area contributed by atoms with Gasteiger partial charge >= 0.3 is 0 Å². The SMILES string of the molecule is CC.CC(C)CCn1nc(-c2ccc3oc(N)nc3c2)c2c(N)nc(N)nc21. The molecule has 0 spiro atoms. The van der Waals surface area contributed by atoms with E-state index in [0.717, 1.165) is 12.0 Å². The van der Waals surface area contributed by atoms with Crippen LogP contribution < -0.4 is 17.2 Å². The molecule has 148 valence electrons. The van der Waals surface area contributed by atoms with Crippen LogP contribution >= 0.6 is 0 Å². The first-order valence-electron chi connectivity index (χ1n) is 9.38. The Bertz CT molecular complexity index is 1110. The average Bonchev–Trinajstić information content (AvgIpc) is 3.20.